The Morgan fingerprint density at radius 3 is 2.51 bits per heavy atom. The highest BCUT2D eigenvalue weighted by Gasteiger charge is 2.64. The predicted molar refractivity (Wildman–Crippen MR) is 173 cm³/mol. The number of nitrogens with one attached hydrogen (secondary N) is 1. The third-order valence-electron chi connectivity index (χ3n) is 10.6. The molecule has 1 aliphatic carbocycles. The molecule has 246 valence electrons. The average Bonchev–Trinajstić information content (AvgIpc) is 3.40. The van der Waals surface area contributed by atoms with Gasteiger partial charge in [-0.15, -0.1) is 11.3 Å². The van der Waals surface area contributed by atoms with E-state index in [0.717, 1.165) is 49.0 Å². The van der Waals surface area contributed by atoms with Gasteiger partial charge < -0.3 is 24.9 Å². The molecule has 3 aliphatic heterocycles. The number of amides is 3. The lowest BCUT2D eigenvalue weighted by Gasteiger charge is -2.37. The largest absolute Gasteiger partial charge is 0.363 e. The Labute approximate surface area is 275 Å². The molecule has 3 N–H and O–H groups in total. The van der Waals surface area contributed by atoms with Gasteiger partial charge in [-0.2, -0.15) is 5.26 Å². The first kappa shape index (κ1) is 32.0. The number of hydrogen-bond acceptors (Lipinski definition) is 6. The topological polar surface area (TPSA) is 151 Å². The van der Waals surface area contributed by atoms with Crippen LogP contribution in [0.3, 0.4) is 0 Å². The minimum atomic E-state index is -4.99. The summed E-state index contributed by atoms with van der Waals surface area (Å²) in [6, 6.07) is 16.4. The Morgan fingerprint density at radius 2 is 1.81 bits per heavy atom. The second-order valence-electron chi connectivity index (χ2n) is 13.3. The zero-order valence-corrected chi connectivity index (χ0v) is 27.3. The number of rotatable bonds is 6. The number of thiophene rings is 1. The number of hydrogen-bond donors (Lipinski definition) is 3. The summed E-state index contributed by atoms with van der Waals surface area (Å²) in [5.74, 6) is -3.73. The first-order valence-corrected chi connectivity index (χ1v) is 18.6. The van der Waals surface area contributed by atoms with Crippen LogP contribution in [0.4, 0.5) is 4.39 Å². The van der Waals surface area contributed by atoms with Gasteiger partial charge in [0.1, 0.15) is 12.1 Å². The van der Waals surface area contributed by atoms with E-state index < -0.39 is 37.0 Å². The van der Waals surface area contributed by atoms with Gasteiger partial charge in [0.2, 0.25) is 17.7 Å². The number of nitrogens with zero attached hydrogens (tertiary/aromatic N) is 3. The second-order valence-corrected chi connectivity index (χ2v) is 16.0. The van der Waals surface area contributed by atoms with Gasteiger partial charge in [0.05, 0.1) is 22.4 Å². The van der Waals surface area contributed by atoms with Crippen LogP contribution >= 0.6 is 18.9 Å². The Kier molecular flexibility index (Phi) is 8.24. The molecular weight excluding hydrogens is 642 g/mol. The van der Waals surface area contributed by atoms with Crippen molar-refractivity contribution in [2.75, 3.05) is 6.54 Å². The highest BCUT2D eigenvalue weighted by atomic mass is 32.1. The van der Waals surface area contributed by atoms with E-state index in [9.17, 15) is 38.4 Å². The summed E-state index contributed by atoms with van der Waals surface area (Å²) >= 11 is 1.14. The molecule has 4 aliphatic rings. The van der Waals surface area contributed by atoms with Gasteiger partial charge in [0, 0.05) is 23.2 Å². The fraction of sp³-hybridized carbons (Fsp3) is 0.471. The molecule has 0 bridgehead atoms. The number of carbonyl (C=O) groups excluding carboxylic acids is 3. The van der Waals surface area contributed by atoms with Gasteiger partial charge in [-0.1, -0.05) is 49.2 Å². The Morgan fingerprint density at radius 1 is 1.06 bits per heavy atom. The van der Waals surface area contributed by atoms with Crippen molar-refractivity contribution >= 4 is 46.7 Å². The van der Waals surface area contributed by atoms with Crippen LogP contribution in [-0.2, 0) is 14.2 Å². The molecule has 1 aromatic heterocycles. The van der Waals surface area contributed by atoms with Crippen LogP contribution < -0.4 is 5.32 Å². The number of nitriles is 1. The zero-order chi connectivity index (χ0) is 33.1. The van der Waals surface area contributed by atoms with E-state index in [0.29, 0.717) is 35.9 Å². The van der Waals surface area contributed by atoms with E-state index in [1.54, 1.807) is 4.90 Å². The van der Waals surface area contributed by atoms with E-state index in [2.05, 4.69) is 11.4 Å². The third kappa shape index (κ3) is 5.67. The van der Waals surface area contributed by atoms with Gasteiger partial charge in [-0.25, -0.2) is 4.39 Å². The van der Waals surface area contributed by atoms with Gasteiger partial charge >= 0.3 is 7.60 Å². The summed E-state index contributed by atoms with van der Waals surface area (Å²) in [7, 11) is -4.99. The molecule has 1 spiro atoms. The lowest BCUT2D eigenvalue weighted by molar-refractivity contribution is -0.148. The fourth-order valence-corrected chi connectivity index (χ4v) is 9.58. The minimum absolute atomic E-state index is 0.0927. The van der Waals surface area contributed by atoms with Crippen molar-refractivity contribution in [3.8, 4) is 6.07 Å². The zero-order valence-electron chi connectivity index (χ0n) is 25.6. The molecule has 0 unspecified atom stereocenters. The van der Waals surface area contributed by atoms with Crippen molar-refractivity contribution in [1.82, 2.24) is 15.1 Å². The van der Waals surface area contributed by atoms with E-state index in [-0.39, 0.29) is 40.1 Å². The predicted octanol–water partition coefficient (Wildman–Crippen LogP) is 5.38. The first-order chi connectivity index (χ1) is 22.5. The highest BCUT2D eigenvalue weighted by molar-refractivity contribution is 7.51. The molecular formula is C34H36FN4O6PS. The summed E-state index contributed by atoms with van der Waals surface area (Å²) in [6.45, 7) is 0.440. The van der Waals surface area contributed by atoms with Crippen molar-refractivity contribution < 1.29 is 33.1 Å². The fourth-order valence-electron chi connectivity index (χ4n) is 8.09. The number of alkyl halides is 1. The van der Waals surface area contributed by atoms with Crippen LogP contribution in [0.1, 0.15) is 84.0 Å². The van der Waals surface area contributed by atoms with Gasteiger partial charge in [-0.05, 0) is 73.2 Å². The number of carbonyl (C=O) groups is 3. The standard InChI is InChI=1S/C34H36FN4O6PS/c35-30(46(43,44)45)21-10-13-28-22(16-21)17-29(47-28)31(40)37-26-9-5-4-8-23-11-12-27(39(23)32(26)41)33(42)38-19-24(20-6-2-1-3-7-20)25(18-36)34(38)14-15-34/h1-3,6-7,10,13,16-17,23-27,30H,4-5,8-9,11-12,14-15,19H2,(H,37,40)(H2,43,44,45)/t23-,24+,25+,26-,27-,30+/m0/s1. The molecule has 2 aromatic carbocycles. The maximum atomic E-state index is 14.4. The van der Waals surface area contributed by atoms with Gasteiger partial charge in [-0.3, -0.25) is 18.9 Å². The smallest absolute Gasteiger partial charge is 0.340 e. The summed E-state index contributed by atoms with van der Waals surface area (Å²) in [5.41, 5.74) is 0.362. The summed E-state index contributed by atoms with van der Waals surface area (Å²) < 4.78 is 26.4. The minimum Gasteiger partial charge on any atom is -0.340 e. The second kappa shape index (κ2) is 12.1. The monoisotopic (exact) mass is 678 g/mol. The normalized spacial score (nSPS) is 27.6. The van der Waals surface area contributed by atoms with Crippen LogP contribution in [0.2, 0.25) is 0 Å². The highest BCUT2D eigenvalue weighted by Crippen LogP contribution is 2.58. The maximum absolute atomic E-state index is 14.4. The van der Waals surface area contributed by atoms with E-state index in [1.165, 1.54) is 24.3 Å². The molecule has 3 aromatic rings. The molecule has 10 nitrogen and oxygen atoms in total. The molecule has 7 rings (SSSR count). The average molecular weight is 679 g/mol. The van der Waals surface area contributed by atoms with E-state index in [1.807, 2.05) is 35.2 Å². The van der Waals surface area contributed by atoms with Crippen molar-refractivity contribution in [3.05, 3.63) is 70.6 Å². The number of benzene rings is 2. The summed E-state index contributed by atoms with van der Waals surface area (Å²) in [6.07, 6.45) is 5.60. The Bertz CT molecular complexity index is 1820. The lowest BCUT2D eigenvalue weighted by atomic mass is 9.85. The molecule has 3 saturated heterocycles. The van der Waals surface area contributed by atoms with Crippen LogP contribution in [0.15, 0.2) is 54.6 Å². The number of fused-ring (bicyclic) bond motifs is 2. The van der Waals surface area contributed by atoms with E-state index in [4.69, 9.17) is 0 Å². The first-order valence-electron chi connectivity index (χ1n) is 16.1. The number of likely N-dealkylation sites (tertiary alicyclic amines) is 1. The molecule has 1 saturated carbocycles. The van der Waals surface area contributed by atoms with Crippen molar-refractivity contribution in [2.24, 2.45) is 5.92 Å². The van der Waals surface area contributed by atoms with Gasteiger partial charge in [0.25, 0.3) is 5.91 Å². The third-order valence-corrected chi connectivity index (χ3v) is 12.6. The van der Waals surface area contributed by atoms with Crippen LogP contribution in [0.5, 0.6) is 0 Å². The Balaban J connectivity index is 1.11. The summed E-state index contributed by atoms with van der Waals surface area (Å²) in [4.78, 5) is 64.5. The lowest BCUT2D eigenvalue weighted by Crippen LogP contribution is -2.57. The van der Waals surface area contributed by atoms with Crippen LogP contribution in [0, 0.1) is 17.2 Å². The molecule has 4 fully saturated rings. The Hall–Kier alpha value is -3.62. The van der Waals surface area contributed by atoms with Gasteiger partial charge in [0.15, 0.2) is 0 Å². The number of halogens is 1. The summed E-state index contributed by atoms with van der Waals surface area (Å²) in [5, 5.41) is 13.6. The van der Waals surface area contributed by atoms with Crippen LogP contribution in [-0.4, -0.2) is 67.5 Å². The van der Waals surface area contributed by atoms with Crippen molar-refractivity contribution in [1.29, 1.82) is 5.26 Å². The van der Waals surface area contributed by atoms with Crippen molar-refractivity contribution in [3.63, 3.8) is 0 Å². The van der Waals surface area contributed by atoms with Crippen molar-refractivity contribution in [2.45, 2.75) is 86.9 Å². The molecule has 0 radical (unpaired) electrons. The SMILES string of the molecule is N#C[C@@H]1[C@@H](c2ccccc2)CN(C(=O)[C@@H]2CC[C@@H]3CCCC[C@H](NC(=O)c4cc5cc([C@H](F)P(=O)(O)O)ccc5s4)C(=O)N32)C12CC2. The van der Waals surface area contributed by atoms with E-state index >= 15 is 0 Å². The molecule has 6 atom stereocenters. The quantitative estimate of drug-likeness (QED) is 0.296. The molecule has 13 heteroatoms. The molecule has 47 heavy (non-hydrogen) atoms. The van der Waals surface area contributed by atoms with Crippen LogP contribution in [0.25, 0.3) is 10.1 Å². The molecule has 4 heterocycles. The molecule has 3 amide bonds. The maximum Gasteiger partial charge on any atom is 0.363 e.